The van der Waals surface area contributed by atoms with Gasteiger partial charge in [0.25, 0.3) is 0 Å². The van der Waals surface area contributed by atoms with Crippen LogP contribution in [0.4, 0.5) is 0 Å². The summed E-state index contributed by atoms with van der Waals surface area (Å²) in [7, 11) is 4.28. The second-order valence-corrected chi connectivity index (χ2v) is 6.23. The molecule has 0 radical (unpaired) electrons. The van der Waals surface area contributed by atoms with Crippen LogP contribution in [-0.2, 0) is 12.5 Å². The number of benzene rings is 1. The highest BCUT2D eigenvalue weighted by Gasteiger charge is 2.46. The molecule has 2 nitrogen and oxygen atoms in total. The molecule has 1 aromatic heterocycles. The van der Waals surface area contributed by atoms with Gasteiger partial charge in [-0.1, -0.05) is 12.1 Å². The molecular weight excluding hydrogens is 232 g/mol. The van der Waals surface area contributed by atoms with Crippen molar-refractivity contribution < 1.29 is 0 Å². The van der Waals surface area contributed by atoms with E-state index >= 15 is 0 Å². The Morgan fingerprint density at radius 3 is 2.47 bits per heavy atom. The Bertz CT molecular complexity index is 645. The Morgan fingerprint density at radius 2 is 1.89 bits per heavy atom. The number of fused-ring (bicyclic) bond motifs is 1. The number of hydrogen-bond donors (Lipinski definition) is 1. The molecule has 0 bridgehead atoms. The second kappa shape index (κ2) is 4.11. The largest absolute Gasteiger partial charge is 0.347 e. The lowest BCUT2D eigenvalue weighted by Gasteiger charge is -2.16. The molecule has 1 aliphatic carbocycles. The number of hydrogen-bond acceptors (Lipinski definition) is 1. The molecule has 1 saturated carbocycles. The minimum Gasteiger partial charge on any atom is -0.347 e. The lowest BCUT2D eigenvalue weighted by atomic mass is 9.92. The van der Waals surface area contributed by atoms with Crippen LogP contribution in [0.25, 0.3) is 10.9 Å². The predicted octanol–water partition coefficient (Wildman–Crippen LogP) is 3.35. The maximum Gasteiger partial charge on any atom is 0.0515 e. The zero-order valence-electron chi connectivity index (χ0n) is 12.7. The van der Waals surface area contributed by atoms with Gasteiger partial charge in [-0.15, -0.1) is 0 Å². The zero-order chi connectivity index (χ0) is 13.8. The first kappa shape index (κ1) is 12.7. The standard InChI is InChI=1S/C17H24N2/c1-11-6-7-14-15(17(8-9-17)10-18-4)13(3)19(5)16(14)12(11)2/h6-7,18H,8-10H2,1-5H3. The summed E-state index contributed by atoms with van der Waals surface area (Å²) < 4.78 is 2.39. The van der Waals surface area contributed by atoms with E-state index in [1.165, 1.54) is 40.6 Å². The van der Waals surface area contributed by atoms with Gasteiger partial charge in [-0.3, -0.25) is 0 Å². The minimum atomic E-state index is 0.389. The van der Waals surface area contributed by atoms with Crippen molar-refractivity contribution in [2.45, 2.75) is 39.0 Å². The number of rotatable bonds is 3. The third-order valence-electron chi connectivity index (χ3n) is 5.07. The first-order chi connectivity index (χ1) is 9.02. The van der Waals surface area contributed by atoms with Crippen LogP contribution in [0, 0.1) is 20.8 Å². The van der Waals surface area contributed by atoms with E-state index in [0.717, 1.165) is 6.54 Å². The fourth-order valence-electron chi connectivity index (χ4n) is 3.64. The quantitative estimate of drug-likeness (QED) is 0.891. The van der Waals surface area contributed by atoms with Crippen LogP contribution in [0.15, 0.2) is 12.1 Å². The van der Waals surface area contributed by atoms with Gasteiger partial charge < -0.3 is 9.88 Å². The number of aromatic nitrogens is 1. The normalized spacial score (nSPS) is 17.1. The summed E-state index contributed by atoms with van der Waals surface area (Å²) in [6.07, 6.45) is 2.64. The van der Waals surface area contributed by atoms with E-state index in [-0.39, 0.29) is 0 Å². The Balaban J connectivity index is 2.32. The Hall–Kier alpha value is -1.28. The van der Waals surface area contributed by atoms with E-state index in [9.17, 15) is 0 Å². The fourth-order valence-corrected chi connectivity index (χ4v) is 3.64. The molecule has 0 saturated heterocycles. The summed E-state index contributed by atoms with van der Waals surface area (Å²) >= 11 is 0. The summed E-state index contributed by atoms with van der Waals surface area (Å²) in [6.45, 7) is 7.83. The number of likely N-dealkylation sites (N-methyl/N-ethyl adjacent to an activating group) is 1. The average Bonchev–Trinajstić information content (AvgIpc) is 3.09. The third-order valence-corrected chi connectivity index (χ3v) is 5.07. The Labute approximate surface area is 115 Å². The summed E-state index contributed by atoms with van der Waals surface area (Å²) in [4.78, 5) is 0. The average molecular weight is 256 g/mol. The van der Waals surface area contributed by atoms with Gasteiger partial charge in [-0.05, 0) is 57.4 Å². The van der Waals surface area contributed by atoms with E-state index in [4.69, 9.17) is 0 Å². The van der Waals surface area contributed by atoms with Crippen LogP contribution in [-0.4, -0.2) is 18.2 Å². The summed E-state index contributed by atoms with van der Waals surface area (Å²) in [6, 6.07) is 4.60. The van der Waals surface area contributed by atoms with E-state index in [0.29, 0.717) is 5.41 Å². The van der Waals surface area contributed by atoms with Gasteiger partial charge in [-0.2, -0.15) is 0 Å². The summed E-state index contributed by atoms with van der Waals surface area (Å²) in [5, 5.41) is 4.86. The fraction of sp³-hybridized carbons (Fsp3) is 0.529. The van der Waals surface area contributed by atoms with Crippen molar-refractivity contribution in [3.05, 3.63) is 34.5 Å². The molecule has 1 fully saturated rings. The molecule has 0 aliphatic heterocycles. The van der Waals surface area contributed by atoms with Crippen molar-refractivity contribution in [3.8, 4) is 0 Å². The molecule has 0 atom stereocenters. The number of nitrogens with one attached hydrogen (secondary N) is 1. The van der Waals surface area contributed by atoms with Gasteiger partial charge >= 0.3 is 0 Å². The Kier molecular flexibility index (Phi) is 2.75. The van der Waals surface area contributed by atoms with Gasteiger partial charge in [0.05, 0.1) is 5.52 Å². The van der Waals surface area contributed by atoms with Crippen LogP contribution >= 0.6 is 0 Å². The monoisotopic (exact) mass is 256 g/mol. The van der Waals surface area contributed by atoms with E-state index in [1.54, 1.807) is 5.56 Å². The van der Waals surface area contributed by atoms with Crippen molar-refractivity contribution in [3.63, 3.8) is 0 Å². The van der Waals surface area contributed by atoms with Gasteiger partial charge in [0.15, 0.2) is 0 Å². The topological polar surface area (TPSA) is 17.0 Å². The molecule has 19 heavy (non-hydrogen) atoms. The van der Waals surface area contributed by atoms with Crippen LogP contribution in [0.1, 0.15) is 35.2 Å². The highest BCUT2D eigenvalue weighted by Crippen LogP contribution is 2.52. The lowest BCUT2D eigenvalue weighted by molar-refractivity contribution is 0.621. The molecule has 0 spiro atoms. The number of aryl methyl sites for hydroxylation is 3. The SMILES string of the molecule is CNCC1(c2c(C)n(C)c3c(C)c(C)ccc23)CC1. The van der Waals surface area contributed by atoms with E-state index in [1.807, 2.05) is 0 Å². The molecule has 1 aliphatic rings. The van der Waals surface area contributed by atoms with E-state index < -0.39 is 0 Å². The first-order valence-corrected chi connectivity index (χ1v) is 7.22. The molecule has 3 rings (SSSR count). The van der Waals surface area contributed by atoms with Crippen molar-refractivity contribution in [2.75, 3.05) is 13.6 Å². The molecule has 0 unspecified atom stereocenters. The van der Waals surface area contributed by atoms with Crippen LogP contribution in [0.2, 0.25) is 0 Å². The van der Waals surface area contributed by atoms with Crippen molar-refractivity contribution in [2.24, 2.45) is 7.05 Å². The lowest BCUT2D eigenvalue weighted by Crippen LogP contribution is -2.24. The predicted molar refractivity (Wildman–Crippen MR) is 82.0 cm³/mol. The van der Waals surface area contributed by atoms with Gasteiger partial charge in [0.2, 0.25) is 0 Å². The summed E-state index contributed by atoms with van der Waals surface area (Å²) in [5.41, 5.74) is 7.65. The Morgan fingerprint density at radius 1 is 1.21 bits per heavy atom. The van der Waals surface area contributed by atoms with Gasteiger partial charge in [0.1, 0.15) is 0 Å². The minimum absolute atomic E-state index is 0.389. The number of nitrogens with zero attached hydrogens (tertiary/aromatic N) is 1. The maximum absolute atomic E-state index is 3.39. The second-order valence-electron chi connectivity index (χ2n) is 6.23. The first-order valence-electron chi connectivity index (χ1n) is 7.22. The molecular formula is C17H24N2. The molecule has 2 heteroatoms. The van der Waals surface area contributed by atoms with Gasteiger partial charge in [-0.25, -0.2) is 0 Å². The molecule has 1 aromatic carbocycles. The molecule has 0 amide bonds. The summed E-state index contributed by atoms with van der Waals surface area (Å²) in [5.74, 6) is 0. The van der Waals surface area contributed by atoms with Crippen molar-refractivity contribution >= 4 is 10.9 Å². The van der Waals surface area contributed by atoms with E-state index in [2.05, 4.69) is 56.9 Å². The van der Waals surface area contributed by atoms with Crippen molar-refractivity contribution in [1.29, 1.82) is 0 Å². The third kappa shape index (κ3) is 1.66. The van der Waals surface area contributed by atoms with Crippen LogP contribution in [0.5, 0.6) is 0 Å². The highest BCUT2D eigenvalue weighted by molar-refractivity contribution is 5.90. The van der Waals surface area contributed by atoms with Crippen LogP contribution < -0.4 is 5.32 Å². The highest BCUT2D eigenvalue weighted by atomic mass is 15.0. The molecule has 2 aromatic rings. The van der Waals surface area contributed by atoms with Gasteiger partial charge in [0, 0.05) is 30.1 Å². The van der Waals surface area contributed by atoms with Crippen LogP contribution in [0.3, 0.4) is 0 Å². The smallest absolute Gasteiger partial charge is 0.0515 e. The van der Waals surface area contributed by atoms with Crippen molar-refractivity contribution in [1.82, 2.24) is 9.88 Å². The molecule has 102 valence electrons. The zero-order valence-corrected chi connectivity index (χ0v) is 12.7. The molecule has 1 heterocycles. The molecule has 1 N–H and O–H groups in total. The maximum atomic E-state index is 3.39.